The molecular weight excluding hydrogens is 492 g/mol. The maximum Gasteiger partial charge on any atom is 0.321 e. The van der Waals surface area contributed by atoms with Gasteiger partial charge in [0.25, 0.3) is 11.8 Å². The van der Waals surface area contributed by atoms with E-state index in [0.717, 1.165) is 16.0 Å². The second-order valence-electron chi connectivity index (χ2n) is 7.99. The number of rotatable bonds is 9. The number of carboxylic acids is 1. The van der Waals surface area contributed by atoms with Gasteiger partial charge in [0.1, 0.15) is 6.04 Å². The number of nitrogens with one attached hydrogen (secondary N) is 1. The number of carbonyl (C=O) groups is 3. The number of imide groups is 1. The van der Waals surface area contributed by atoms with E-state index in [1.54, 1.807) is 60.7 Å². The molecule has 2 amide bonds. The number of halogens is 1. The maximum atomic E-state index is 12.8. The minimum absolute atomic E-state index is 0.0202. The van der Waals surface area contributed by atoms with Gasteiger partial charge in [-0.3, -0.25) is 19.3 Å². The lowest BCUT2D eigenvalue weighted by molar-refractivity contribution is -0.139. The summed E-state index contributed by atoms with van der Waals surface area (Å²) in [6, 6.07) is 18.1. The van der Waals surface area contributed by atoms with Gasteiger partial charge in [-0.05, 0) is 60.4 Å². The fraction of sp³-hybridized carbons (Fsp3) is 0.160. The van der Waals surface area contributed by atoms with E-state index in [0.29, 0.717) is 16.1 Å². The van der Waals surface area contributed by atoms with Gasteiger partial charge in [-0.1, -0.05) is 48.0 Å². The molecule has 10 heteroatoms. The van der Waals surface area contributed by atoms with E-state index in [1.807, 2.05) is 0 Å². The Morgan fingerprint density at radius 2 is 1.40 bits per heavy atom. The Labute approximate surface area is 207 Å². The van der Waals surface area contributed by atoms with Crippen LogP contribution in [-0.2, 0) is 14.8 Å². The molecule has 2 N–H and O–H groups in total. The van der Waals surface area contributed by atoms with Crippen molar-refractivity contribution in [2.45, 2.75) is 23.8 Å². The maximum absolute atomic E-state index is 12.8. The third-order valence-corrected chi connectivity index (χ3v) is 7.43. The van der Waals surface area contributed by atoms with Crippen LogP contribution < -0.4 is 4.72 Å². The minimum Gasteiger partial charge on any atom is -0.480 e. The van der Waals surface area contributed by atoms with E-state index in [4.69, 9.17) is 11.6 Å². The Bertz CT molecular complexity index is 1350. The number of sulfonamides is 1. The first kappa shape index (κ1) is 24.6. The van der Waals surface area contributed by atoms with E-state index in [2.05, 4.69) is 4.72 Å². The fourth-order valence-electron chi connectivity index (χ4n) is 3.85. The number of carboxylic acid groups (broad SMARTS) is 1. The third kappa shape index (κ3) is 5.27. The highest BCUT2D eigenvalue weighted by atomic mass is 35.5. The lowest BCUT2D eigenvalue weighted by Crippen LogP contribution is -2.41. The Hall–Kier alpha value is -3.53. The van der Waals surface area contributed by atoms with Crippen LogP contribution in [0.2, 0.25) is 5.02 Å². The molecule has 0 fully saturated rings. The molecular formula is C25H21ClN2O6S. The van der Waals surface area contributed by atoms with Crippen LogP contribution in [0, 0.1) is 0 Å². The summed E-state index contributed by atoms with van der Waals surface area (Å²) in [6.45, 7) is -0.0202. The number of fused-ring (bicyclic) bond motifs is 1. The number of hydrogen-bond donors (Lipinski definition) is 2. The summed E-state index contributed by atoms with van der Waals surface area (Å²) in [5, 5.41) is 10.1. The van der Waals surface area contributed by atoms with Crippen LogP contribution in [0.4, 0.5) is 0 Å². The molecule has 0 radical (unpaired) electrons. The van der Waals surface area contributed by atoms with Crippen molar-refractivity contribution in [2.24, 2.45) is 0 Å². The van der Waals surface area contributed by atoms with Gasteiger partial charge >= 0.3 is 5.97 Å². The molecule has 0 saturated carbocycles. The number of nitrogens with zero attached hydrogens (tertiary/aromatic N) is 1. The van der Waals surface area contributed by atoms with Crippen LogP contribution in [-0.4, -0.2) is 48.8 Å². The fourth-order valence-corrected chi connectivity index (χ4v) is 5.20. The van der Waals surface area contributed by atoms with E-state index >= 15 is 0 Å². The molecule has 0 bridgehead atoms. The van der Waals surface area contributed by atoms with Gasteiger partial charge in [0, 0.05) is 11.6 Å². The van der Waals surface area contributed by atoms with Gasteiger partial charge in [0.05, 0.1) is 16.0 Å². The van der Waals surface area contributed by atoms with Crippen LogP contribution in [0.3, 0.4) is 0 Å². The molecule has 8 nitrogen and oxygen atoms in total. The van der Waals surface area contributed by atoms with Crippen molar-refractivity contribution < 1.29 is 27.9 Å². The number of benzene rings is 3. The Morgan fingerprint density at radius 1 is 0.886 bits per heavy atom. The summed E-state index contributed by atoms with van der Waals surface area (Å²) in [7, 11) is -4.12. The van der Waals surface area contributed by atoms with E-state index in [-0.39, 0.29) is 24.3 Å². The Kier molecular flexibility index (Phi) is 7.02. The zero-order valence-corrected chi connectivity index (χ0v) is 19.9. The van der Waals surface area contributed by atoms with Crippen LogP contribution in [0.1, 0.15) is 33.6 Å². The lowest BCUT2D eigenvalue weighted by Gasteiger charge is -2.17. The molecule has 35 heavy (non-hydrogen) atoms. The zero-order chi connectivity index (χ0) is 25.2. The second kappa shape index (κ2) is 9.99. The van der Waals surface area contributed by atoms with Crippen molar-refractivity contribution in [3.05, 3.63) is 88.9 Å². The highest BCUT2D eigenvalue weighted by molar-refractivity contribution is 7.89. The first-order valence-corrected chi connectivity index (χ1v) is 12.6. The van der Waals surface area contributed by atoms with Gasteiger partial charge < -0.3 is 5.11 Å². The monoisotopic (exact) mass is 512 g/mol. The molecule has 1 atom stereocenters. The zero-order valence-electron chi connectivity index (χ0n) is 18.3. The summed E-state index contributed by atoms with van der Waals surface area (Å²) in [5.41, 5.74) is 2.23. The van der Waals surface area contributed by atoms with Crippen molar-refractivity contribution >= 4 is 39.4 Å². The van der Waals surface area contributed by atoms with Crippen molar-refractivity contribution in [2.75, 3.05) is 6.54 Å². The van der Waals surface area contributed by atoms with Gasteiger partial charge in [-0.15, -0.1) is 0 Å². The molecule has 1 aliphatic heterocycles. The van der Waals surface area contributed by atoms with Crippen molar-refractivity contribution in [3.8, 4) is 11.1 Å². The van der Waals surface area contributed by atoms with Gasteiger partial charge in [0.15, 0.2) is 0 Å². The van der Waals surface area contributed by atoms with Crippen molar-refractivity contribution in [1.29, 1.82) is 0 Å². The third-order valence-electron chi connectivity index (χ3n) is 5.69. The summed E-state index contributed by atoms with van der Waals surface area (Å²) in [5.74, 6) is -2.24. The predicted octanol–water partition coefficient (Wildman–Crippen LogP) is 3.81. The normalized spacial score (nSPS) is 14.1. The Morgan fingerprint density at radius 3 is 1.91 bits per heavy atom. The SMILES string of the molecule is O=C(O)[C@@H](CCCN1C(=O)c2ccccc2C1=O)NS(=O)(=O)c1ccc(-c2ccc(Cl)cc2)cc1. The summed E-state index contributed by atoms with van der Waals surface area (Å²) in [6.07, 6.45) is 0.00524. The van der Waals surface area contributed by atoms with Crippen LogP contribution in [0.5, 0.6) is 0 Å². The number of amides is 2. The number of carbonyl (C=O) groups excluding carboxylic acids is 2. The molecule has 0 spiro atoms. The van der Waals surface area contributed by atoms with E-state index < -0.39 is 33.8 Å². The van der Waals surface area contributed by atoms with Crippen LogP contribution in [0.25, 0.3) is 11.1 Å². The quantitative estimate of drug-likeness (QED) is 0.420. The molecule has 4 rings (SSSR count). The average molecular weight is 513 g/mol. The topological polar surface area (TPSA) is 121 Å². The predicted molar refractivity (Wildman–Crippen MR) is 130 cm³/mol. The molecule has 3 aromatic rings. The van der Waals surface area contributed by atoms with Gasteiger partial charge in [-0.25, -0.2) is 8.42 Å². The van der Waals surface area contributed by atoms with Gasteiger partial charge in [-0.2, -0.15) is 4.72 Å². The van der Waals surface area contributed by atoms with E-state index in [9.17, 15) is 27.9 Å². The molecule has 0 saturated heterocycles. The highest BCUT2D eigenvalue weighted by Gasteiger charge is 2.35. The van der Waals surface area contributed by atoms with Crippen molar-refractivity contribution in [1.82, 2.24) is 9.62 Å². The smallest absolute Gasteiger partial charge is 0.321 e. The lowest BCUT2D eigenvalue weighted by atomic mass is 10.1. The largest absolute Gasteiger partial charge is 0.480 e. The van der Waals surface area contributed by atoms with Crippen LogP contribution in [0.15, 0.2) is 77.7 Å². The molecule has 0 aromatic heterocycles. The summed E-state index contributed by atoms with van der Waals surface area (Å²) < 4.78 is 27.8. The van der Waals surface area contributed by atoms with Gasteiger partial charge in [0.2, 0.25) is 10.0 Å². The number of hydrogen-bond acceptors (Lipinski definition) is 5. The molecule has 0 unspecified atom stereocenters. The first-order chi connectivity index (χ1) is 16.7. The molecule has 180 valence electrons. The number of aliphatic carboxylic acids is 1. The standard InChI is InChI=1S/C25H21ClN2O6S/c26-18-11-7-16(8-12-18)17-9-13-19(14-10-17)35(33,34)27-22(25(31)32)6-3-15-28-23(29)20-4-1-2-5-21(20)24(28)30/h1-2,4-5,7-14,22,27H,3,6,15H2,(H,31,32)/t22-/m1/s1. The molecule has 1 aliphatic rings. The minimum atomic E-state index is -4.12. The molecule has 3 aromatic carbocycles. The van der Waals surface area contributed by atoms with E-state index in [1.165, 1.54) is 12.1 Å². The summed E-state index contributed by atoms with van der Waals surface area (Å²) >= 11 is 5.90. The van der Waals surface area contributed by atoms with Crippen molar-refractivity contribution in [3.63, 3.8) is 0 Å². The molecule has 0 aliphatic carbocycles. The first-order valence-electron chi connectivity index (χ1n) is 10.7. The summed E-state index contributed by atoms with van der Waals surface area (Å²) in [4.78, 5) is 37.6. The second-order valence-corrected chi connectivity index (χ2v) is 10.1. The Balaban J connectivity index is 1.40. The molecule has 1 heterocycles. The average Bonchev–Trinajstić information content (AvgIpc) is 3.09. The highest BCUT2D eigenvalue weighted by Crippen LogP contribution is 2.24. The van der Waals surface area contributed by atoms with Crippen LogP contribution >= 0.6 is 11.6 Å².